The van der Waals surface area contributed by atoms with Crippen LogP contribution in [0.15, 0.2) is 42.6 Å². The van der Waals surface area contributed by atoms with Crippen LogP contribution in [0.4, 0.5) is 23.7 Å². The van der Waals surface area contributed by atoms with Crippen LogP contribution in [0.1, 0.15) is 5.56 Å². The third kappa shape index (κ3) is 4.35. The van der Waals surface area contributed by atoms with Crippen LogP contribution >= 0.6 is 0 Å². The van der Waals surface area contributed by atoms with Gasteiger partial charge in [0.2, 0.25) is 5.88 Å². The lowest BCUT2D eigenvalue weighted by atomic mass is 10.2. The van der Waals surface area contributed by atoms with Gasteiger partial charge in [0.05, 0.1) is 0 Å². The highest BCUT2D eigenvalue weighted by Gasteiger charge is 2.35. The van der Waals surface area contributed by atoms with Gasteiger partial charge < -0.3 is 15.0 Å². The van der Waals surface area contributed by atoms with E-state index in [0.717, 1.165) is 6.07 Å². The molecular formula is C15H14F3N3O2. The summed E-state index contributed by atoms with van der Waals surface area (Å²) in [6.07, 6.45) is -3.33. The molecule has 0 fully saturated rings. The maximum Gasteiger partial charge on any atom is 0.421 e. The molecule has 1 N–H and O–H groups in total. The fourth-order valence-corrected chi connectivity index (χ4v) is 1.64. The fourth-order valence-electron chi connectivity index (χ4n) is 1.64. The number of nitrogens with one attached hydrogen (secondary N) is 1. The minimum Gasteiger partial charge on any atom is -0.438 e. The van der Waals surface area contributed by atoms with Crippen LogP contribution in [-0.2, 0) is 6.18 Å². The Bertz CT molecular complexity index is 685. The van der Waals surface area contributed by atoms with Crippen molar-refractivity contribution in [2.24, 2.45) is 0 Å². The lowest BCUT2D eigenvalue weighted by Crippen LogP contribution is -2.27. The summed E-state index contributed by atoms with van der Waals surface area (Å²) in [6.45, 7) is 0. The molecule has 23 heavy (non-hydrogen) atoms. The summed E-state index contributed by atoms with van der Waals surface area (Å²) in [5.74, 6) is -0.345. The predicted molar refractivity (Wildman–Crippen MR) is 78.5 cm³/mol. The summed E-state index contributed by atoms with van der Waals surface area (Å²) < 4.78 is 43.8. The van der Waals surface area contributed by atoms with Gasteiger partial charge in [0.1, 0.15) is 11.3 Å². The van der Waals surface area contributed by atoms with Crippen LogP contribution in [0.5, 0.6) is 11.6 Å². The van der Waals surface area contributed by atoms with Crippen molar-refractivity contribution in [3.8, 4) is 11.6 Å². The summed E-state index contributed by atoms with van der Waals surface area (Å²) in [7, 11) is 3.18. The topological polar surface area (TPSA) is 54.5 Å². The number of aromatic nitrogens is 1. The standard InChI is InChI=1S/C15H14F3N3O2/c1-21(2)14(22)20-10-5-7-11(8-6-10)23-13-12(15(16,17)18)4-3-9-19-13/h3-9H,1-2H3,(H,20,22). The molecule has 2 rings (SSSR count). The second kappa shape index (κ2) is 6.55. The Morgan fingerprint density at radius 2 is 1.83 bits per heavy atom. The quantitative estimate of drug-likeness (QED) is 0.928. The van der Waals surface area contributed by atoms with Crippen LogP contribution in [0, 0.1) is 0 Å². The Balaban J connectivity index is 2.15. The first-order valence-electron chi connectivity index (χ1n) is 6.56. The highest BCUT2D eigenvalue weighted by atomic mass is 19.4. The highest BCUT2D eigenvalue weighted by Crippen LogP contribution is 2.36. The summed E-state index contributed by atoms with van der Waals surface area (Å²) >= 11 is 0. The molecule has 0 unspecified atom stereocenters. The van der Waals surface area contributed by atoms with Gasteiger partial charge in [0, 0.05) is 26.0 Å². The fraction of sp³-hybridized carbons (Fsp3) is 0.200. The van der Waals surface area contributed by atoms with Gasteiger partial charge in [-0.05, 0) is 36.4 Å². The third-order valence-electron chi connectivity index (χ3n) is 2.80. The molecule has 0 aliphatic heterocycles. The molecule has 8 heteroatoms. The summed E-state index contributed by atoms with van der Waals surface area (Å²) in [5.41, 5.74) is -0.460. The Labute approximate surface area is 130 Å². The second-order valence-electron chi connectivity index (χ2n) is 4.80. The molecule has 122 valence electrons. The molecule has 0 radical (unpaired) electrons. The molecule has 5 nitrogen and oxygen atoms in total. The molecule has 0 saturated heterocycles. The third-order valence-corrected chi connectivity index (χ3v) is 2.80. The molecule has 1 heterocycles. The monoisotopic (exact) mass is 325 g/mol. The van der Waals surface area contributed by atoms with Crippen LogP contribution in [0.3, 0.4) is 0 Å². The van der Waals surface area contributed by atoms with Gasteiger partial charge >= 0.3 is 12.2 Å². The van der Waals surface area contributed by atoms with E-state index < -0.39 is 17.6 Å². The second-order valence-corrected chi connectivity index (χ2v) is 4.80. The number of carbonyl (C=O) groups excluding carboxylic acids is 1. The van der Waals surface area contributed by atoms with Crippen molar-refractivity contribution in [2.45, 2.75) is 6.18 Å². The van der Waals surface area contributed by atoms with Crippen molar-refractivity contribution in [3.05, 3.63) is 48.2 Å². The number of anilines is 1. The summed E-state index contributed by atoms with van der Waals surface area (Å²) in [5, 5.41) is 2.60. The van der Waals surface area contributed by atoms with Crippen molar-refractivity contribution >= 4 is 11.7 Å². The zero-order chi connectivity index (χ0) is 17.0. The average Bonchev–Trinajstić information content (AvgIpc) is 2.48. The number of ether oxygens (including phenoxy) is 1. The molecule has 0 atom stereocenters. The number of hydrogen-bond donors (Lipinski definition) is 1. The number of halogens is 3. The number of carbonyl (C=O) groups is 1. The van der Waals surface area contributed by atoms with Gasteiger partial charge in [-0.2, -0.15) is 13.2 Å². The average molecular weight is 325 g/mol. The van der Waals surface area contributed by atoms with Crippen molar-refractivity contribution in [3.63, 3.8) is 0 Å². The van der Waals surface area contributed by atoms with Crippen LogP contribution in [-0.4, -0.2) is 30.0 Å². The Kier molecular flexibility index (Phi) is 4.73. The lowest BCUT2D eigenvalue weighted by Gasteiger charge is -2.13. The van der Waals surface area contributed by atoms with E-state index in [1.54, 1.807) is 14.1 Å². The Hall–Kier alpha value is -2.77. The highest BCUT2D eigenvalue weighted by molar-refractivity contribution is 5.88. The number of hydrogen-bond acceptors (Lipinski definition) is 3. The number of alkyl halides is 3. The molecule has 0 aliphatic carbocycles. The number of pyridine rings is 1. The van der Waals surface area contributed by atoms with Crippen molar-refractivity contribution < 1.29 is 22.7 Å². The number of benzene rings is 1. The summed E-state index contributed by atoms with van der Waals surface area (Å²) in [6, 6.07) is 7.70. The number of nitrogens with zero attached hydrogens (tertiary/aromatic N) is 2. The zero-order valence-electron chi connectivity index (χ0n) is 12.4. The van der Waals surface area contributed by atoms with E-state index in [4.69, 9.17) is 4.74 Å². The maximum atomic E-state index is 12.9. The number of urea groups is 1. The molecule has 0 saturated carbocycles. The van der Waals surface area contributed by atoms with Gasteiger partial charge in [0.25, 0.3) is 0 Å². The van der Waals surface area contributed by atoms with E-state index in [-0.39, 0.29) is 11.8 Å². The van der Waals surface area contributed by atoms with E-state index in [2.05, 4.69) is 10.3 Å². The molecule has 1 aromatic heterocycles. The van der Waals surface area contributed by atoms with E-state index in [1.807, 2.05) is 0 Å². The van der Waals surface area contributed by atoms with Crippen LogP contribution in [0.2, 0.25) is 0 Å². The number of rotatable bonds is 3. The molecule has 0 aliphatic rings. The minimum atomic E-state index is -4.55. The van der Waals surface area contributed by atoms with E-state index in [9.17, 15) is 18.0 Å². The van der Waals surface area contributed by atoms with Gasteiger partial charge in [-0.3, -0.25) is 0 Å². The lowest BCUT2D eigenvalue weighted by molar-refractivity contribution is -0.138. The molecular weight excluding hydrogens is 311 g/mol. The first kappa shape index (κ1) is 16.6. The molecule has 0 bridgehead atoms. The van der Waals surface area contributed by atoms with Crippen LogP contribution < -0.4 is 10.1 Å². The van der Waals surface area contributed by atoms with Crippen molar-refractivity contribution in [2.75, 3.05) is 19.4 Å². The maximum absolute atomic E-state index is 12.9. The van der Waals surface area contributed by atoms with Crippen LogP contribution in [0.25, 0.3) is 0 Å². The Morgan fingerprint density at radius 1 is 1.17 bits per heavy atom. The SMILES string of the molecule is CN(C)C(=O)Nc1ccc(Oc2ncccc2C(F)(F)F)cc1. The minimum absolute atomic E-state index is 0.178. The van der Waals surface area contributed by atoms with Gasteiger partial charge in [-0.25, -0.2) is 9.78 Å². The molecule has 2 amide bonds. The summed E-state index contributed by atoms with van der Waals surface area (Å²) in [4.78, 5) is 16.5. The first-order valence-corrected chi connectivity index (χ1v) is 6.56. The number of amides is 2. The predicted octanol–water partition coefficient (Wildman–Crippen LogP) is 3.99. The van der Waals surface area contributed by atoms with Crippen molar-refractivity contribution in [1.82, 2.24) is 9.88 Å². The van der Waals surface area contributed by atoms with Gasteiger partial charge in [-0.1, -0.05) is 0 Å². The molecule has 0 spiro atoms. The van der Waals surface area contributed by atoms with E-state index in [0.29, 0.717) is 5.69 Å². The van der Waals surface area contributed by atoms with Gasteiger partial charge in [0.15, 0.2) is 0 Å². The first-order chi connectivity index (χ1) is 10.8. The zero-order valence-corrected chi connectivity index (χ0v) is 12.4. The van der Waals surface area contributed by atoms with E-state index in [1.165, 1.54) is 41.4 Å². The normalized spacial score (nSPS) is 11.0. The Morgan fingerprint density at radius 3 is 2.39 bits per heavy atom. The van der Waals surface area contributed by atoms with E-state index >= 15 is 0 Å². The van der Waals surface area contributed by atoms with Crippen molar-refractivity contribution in [1.29, 1.82) is 0 Å². The van der Waals surface area contributed by atoms with Gasteiger partial charge in [-0.15, -0.1) is 0 Å². The molecule has 2 aromatic rings. The smallest absolute Gasteiger partial charge is 0.421 e. The molecule has 1 aromatic carbocycles. The largest absolute Gasteiger partial charge is 0.438 e.